The molecule has 1 aliphatic rings. The van der Waals surface area contributed by atoms with Crippen LogP contribution in [0.2, 0.25) is 0 Å². The molecule has 0 bridgehead atoms. The van der Waals surface area contributed by atoms with E-state index in [2.05, 4.69) is 9.88 Å². The number of carbonyl (C=O) groups is 1. The minimum absolute atomic E-state index is 0.0231. The lowest BCUT2D eigenvalue weighted by molar-refractivity contribution is -0.323. The van der Waals surface area contributed by atoms with Gasteiger partial charge in [-0.1, -0.05) is 4.99 Å². The molecule has 0 aromatic heterocycles. The van der Waals surface area contributed by atoms with Gasteiger partial charge in [-0.3, -0.25) is 9.44 Å². The van der Waals surface area contributed by atoms with Crippen molar-refractivity contribution in [3.8, 4) is 0 Å². The summed E-state index contributed by atoms with van der Waals surface area (Å²) in [6.07, 6.45) is 0. The summed E-state index contributed by atoms with van der Waals surface area (Å²) in [5.74, 6) is -0.877. The van der Waals surface area contributed by atoms with Gasteiger partial charge in [-0.25, -0.2) is 4.79 Å². The van der Waals surface area contributed by atoms with E-state index in [1.165, 1.54) is 0 Å². The normalized spacial score (nSPS) is 21.1. The number of carbonyl (C=O) groups excluding carboxylic acids is 1. The van der Waals surface area contributed by atoms with Crippen molar-refractivity contribution >= 4 is 16.3 Å². The Morgan fingerprint density at radius 1 is 1.60 bits per heavy atom. The maximum absolute atomic E-state index is 10.1. The van der Waals surface area contributed by atoms with Crippen LogP contribution in [0.3, 0.4) is 0 Å². The third-order valence-corrected chi connectivity index (χ3v) is 1.43. The number of hydroxylamine groups is 1. The fraction of sp³-hybridized carbons (Fsp3) is 0.500. The molecule has 1 aliphatic heterocycles. The van der Waals surface area contributed by atoms with Crippen LogP contribution in [0.1, 0.15) is 0 Å². The van der Waals surface area contributed by atoms with Crippen LogP contribution in [0.15, 0.2) is 0 Å². The Morgan fingerprint density at radius 2 is 2.20 bits per heavy atom. The molecular weight excluding hydrogens is 166 g/mol. The summed E-state index contributed by atoms with van der Waals surface area (Å²) in [5, 5.41) is 0. The maximum atomic E-state index is 10.1. The number of hydrogen-bond donors (Lipinski definition) is 1. The van der Waals surface area contributed by atoms with Crippen LogP contribution in [0.25, 0.3) is 0 Å². The first-order valence-corrected chi connectivity index (χ1v) is 3.52. The van der Waals surface area contributed by atoms with Crippen LogP contribution in [0.4, 0.5) is 0 Å². The van der Waals surface area contributed by atoms with Gasteiger partial charge in [-0.15, -0.1) is 0 Å². The maximum Gasteiger partial charge on any atom is 0.362 e. The van der Waals surface area contributed by atoms with Crippen molar-refractivity contribution in [3.63, 3.8) is 0 Å². The quantitative estimate of drug-likeness (QED) is 0.379. The predicted molar refractivity (Wildman–Crippen MR) is 25.4 cm³/mol. The van der Waals surface area contributed by atoms with E-state index in [9.17, 15) is 13.2 Å². The van der Waals surface area contributed by atoms with Gasteiger partial charge in [-0.05, 0) is 4.47 Å². The summed E-state index contributed by atoms with van der Waals surface area (Å²) in [6, 6.07) is 0. The van der Waals surface area contributed by atoms with E-state index in [4.69, 9.17) is 4.55 Å². The highest BCUT2D eigenvalue weighted by Crippen LogP contribution is 2.06. The fourth-order valence-electron chi connectivity index (χ4n) is 0.361. The molecule has 7 nitrogen and oxygen atoms in total. The van der Waals surface area contributed by atoms with Gasteiger partial charge >= 0.3 is 16.3 Å². The lowest BCUT2D eigenvalue weighted by atomic mass is 10.7. The average Bonchev–Trinajstić information content (AvgIpc) is 2.11. The van der Waals surface area contributed by atoms with E-state index < -0.39 is 22.8 Å². The van der Waals surface area contributed by atoms with E-state index >= 15 is 0 Å². The zero-order valence-corrected chi connectivity index (χ0v) is 5.37. The molecular formula is C2H3NO6S. The molecule has 10 heavy (non-hydrogen) atoms. The van der Waals surface area contributed by atoms with Crippen LogP contribution in [0.5, 0.6) is 0 Å². The van der Waals surface area contributed by atoms with Gasteiger partial charge in [0.25, 0.3) is 0 Å². The smallest absolute Gasteiger partial charge is 0.277 e. The van der Waals surface area contributed by atoms with Crippen LogP contribution in [-0.2, 0) is 25.0 Å². The molecule has 1 fully saturated rings. The molecule has 0 atom stereocenters. The third kappa shape index (κ3) is 1.42. The fourth-order valence-corrected chi connectivity index (χ4v) is 0.737. The molecule has 0 aromatic carbocycles. The second-order valence-electron chi connectivity index (χ2n) is 1.47. The summed E-state index contributed by atoms with van der Waals surface area (Å²) in [5.41, 5.74) is 0. The van der Waals surface area contributed by atoms with Crippen LogP contribution >= 0.6 is 0 Å². The molecule has 0 spiro atoms. The Balaban J connectivity index is 2.71. The second-order valence-corrected chi connectivity index (χ2v) is 2.77. The van der Waals surface area contributed by atoms with Gasteiger partial charge in [0.15, 0.2) is 0 Å². The monoisotopic (exact) mass is 169 g/mol. The molecule has 0 saturated carbocycles. The molecule has 0 amide bonds. The van der Waals surface area contributed by atoms with Crippen molar-refractivity contribution in [2.24, 2.45) is 0 Å². The molecule has 0 radical (unpaired) electrons. The Kier molecular flexibility index (Phi) is 1.60. The van der Waals surface area contributed by atoms with Gasteiger partial charge in [0, 0.05) is 0 Å². The van der Waals surface area contributed by atoms with E-state index in [-0.39, 0.29) is 4.47 Å². The van der Waals surface area contributed by atoms with Crippen molar-refractivity contribution < 1.29 is 27.6 Å². The first-order valence-electron chi connectivity index (χ1n) is 2.13. The highest BCUT2D eigenvalue weighted by Gasteiger charge is 2.32. The number of rotatable bonds is 1. The summed E-state index contributed by atoms with van der Waals surface area (Å²) >= 11 is 0. The molecule has 0 aliphatic carbocycles. The molecule has 1 heterocycles. The molecule has 1 rings (SSSR count). The summed E-state index contributed by atoms with van der Waals surface area (Å²) in [6.45, 7) is -0.626. The number of hydrogen-bond acceptors (Lipinski definition) is 5. The van der Waals surface area contributed by atoms with Gasteiger partial charge < -0.3 is 0 Å². The first kappa shape index (κ1) is 7.41. The molecule has 0 aromatic rings. The van der Waals surface area contributed by atoms with E-state index in [0.717, 1.165) is 0 Å². The Labute approximate surface area is 55.9 Å². The Bertz CT molecular complexity index is 242. The van der Waals surface area contributed by atoms with E-state index in [0.29, 0.717) is 0 Å². The van der Waals surface area contributed by atoms with Crippen molar-refractivity contribution in [2.45, 2.75) is 0 Å². The van der Waals surface area contributed by atoms with Gasteiger partial charge in [0.2, 0.25) is 0 Å². The zero-order chi connectivity index (χ0) is 7.78. The summed E-state index contributed by atoms with van der Waals surface area (Å²) in [4.78, 5) is 17.7. The minimum atomic E-state index is -4.47. The molecule has 58 valence electrons. The zero-order valence-electron chi connectivity index (χ0n) is 4.55. The Hall–Kier alpha value is -0.700. The lowest BCUT2D eigenvalue weighted by Crippen LogP contribution is -2.26. The number of nitrogens with zero attached hydrogens (tertiary/aromatic N) is 1. The van der Waals surface area contributed by atoms with Crippen LogP contribution in [0, 0.1) is 0 Å². The minimum Gasteiger partial charge on any atom is -0.277 e. The van der Waals surface area contributed by atoms with Crippen molar-refractivity contribution in [1.29, 1.82) is 0 Å². The first-order chi connectivity index (χ1) is 4.50. The largest absolute Gasteiger partial charge is 0.362 e. The molecule has 0 unspecified atom stereocenters. The topological polar surface area (TPSA) is 93.1 Å². The van der Waals surface area contributed by atoms with Gasteiger partial charge in [-0.2, -0.15) is 8.42 Å². The highest BCUT2D eigenvalue weighted by atomic mass is 32.2. The summed E-state index contributed by atoms with van der Waals surface area (Å²) < 4.78 is 28.4. The van der Waals surface area contributed by atoms with Crippen molar-refractivity contribution in [2.75, 3.05) is 6.54 Å². The Morgan fingerprint density at radius 3 is 2.40 bits per heavy atom. The van der Waals surface area contributed by atoms with E-state index in [1.54, 1.807) is 0 Å². The second kappa shape index (κ2) is 2.16. The third-order valence-electron chi connectivity index (χ3n) is 0.729. The van der Waals surface area contributed by atoms with Gasteiger partial charge in [0.05, 0.1) is 0 Å². The molecule has 1 N–H and O–H groups in total. The van der Waals surface area contributed by atoms with Crippen molar-refractivity contribution in [3.05, 3.63) is 0 Å². The van der Waals surface area contributed by atoms with Crippen molar-refractivity contribution in [1.82, 2.24) is 4.47 Å². The average molecular weight is 169 g/mol. The molecule has 1 saturated heterocycles. The predicted octanol–water partition coefficient (Wildman–Crippen LogP) is -1.51. The van der Waals surface area contributed by atoms with Crippen LogP contribution < -0.4 is 0 Å². The van der Waals surface area contributed by atoms with E-state index in [1.807, 2.05) is 0 Å². The highest BCUT2D eigenvalue weighted by molar-refractivity contribution is 7.83. The molecule has 8 heteroatoms. The SMILES string of the molecule is O=C1CN(S(=O)(=O)O)OO1. The van der Waals surface area contributed by atoms with Crippen LogP contribution in [-0.4, -0.2) is 30.0 Å². The van der Waals surface area contributed by atoms with Gasteiger partial charge in [0.1, 0.15) is 6.54 Å². The summed E-state index contributed by atoms with van der Waals surface area (Å²) in [7, 11) is -4.47. The lowest BCUT2D eigenvalue weighted by Gasteiger charge is -2.01. The standard InChI is InChI=1S/C2H3NO6S/c4-2-1-3(9-8-2)10(5,6)7/h1H2,(H,5,6,7).